The van der Waals surface area contributed by atoms with Gasteiger partial charge < -0.3 is 13.3 Å². The molecule has 0 atom stereocenters. The molecule has 0 N–H and O–H groups in total. The van der Waals surface area contributed by atoms with Crippen LogP contribution < -0.4 is 0 Å². The van der Waals surface area contributed by atoms with E-state index in [9.17, 15) is 0 Å². The maximum Gasteiger partial charge on any atom is 0.238 e. The summed E-state index contributed by atoms with van der Waals surface area (Å²) in [6.45, 7) is 0. The van der Waals surface area contributed by atoms with Crippen LogP contribution in [0.1, 0.15) is 0 Å². The zero-order valence-corrected chi connectivity index (χ0v) is 32.8. The molecule has 0 amide bonds. The van der Waals surface area contributed by atoms with Crippen LogP contribution in [-0.4, -0.2) is 19.5 Å². The molecule has 14 aromatic rings. The first-order chi connectivity index (χ1) is 30.7. The summed E-state index contributed by atoms with van der Waals surface area (Å²) in [7, 11) is 0. The maximum atomic E-state index is 6.68. The molecule has 0 radical (unpaired) electrons. The first kappa shape index (κ1) is 33.3. The molecule has 0 saturated carbocycles. The standard InChI is InChI=1S/C55H30N4O3/c1-2-12-34-31(11-1)25-28-44-50(34)43-19-9-16-40(42-18-10-17-41-37-15-5-8-22-47(37)62-52(41)42)51(43)59(44)55-57-53(32-23-26-38-35-13-3-6-20-45(35)60-48(38)29-32)56-54(58-55)33-24-27-39-36-14-4-7-21-46(36)61-49(39)30-33/h1-30H. The molecule has 288 valence electrons. The fraction of sp³-hybridized carbons (Fsp3) is 0. The van der Waals surface area contributed by atoms with Gasteiger partial charge in [-0.1, -0.05) is 133 Å². The highest BCUT2D eigenvalue weighted by Gasteiger charge is 2.24. The lowest BCUT2D eigenvalue weighted by Crippen LogP contribution is -2.07. The first-order valence-corrected chi connectivity index (χ1v) is 20.7. The van der Waals surface area contributed by atoms with E-state index in [0.717, 1.165) is 121 Å². The van der Waals surface area contributed by atoms with Crippen LogP contribution in [0.25, 0.3) is 138 Å². The van der Waals surface area contributed by atoms with Crippen LogP contribution in [0, 0.1) is 0 Å². The van der Waals surface area contributed by atoms with Gasteiger partial charge >= 0.3 is 0 Å². The van der Waals surface area contributed by atoms with Gasteiger partial charge in [0.1, 0.15) is 33.5 Å². The van der Waals surface area contributed by atoms with Gasteiger partial charge in [0.2, 0.25) is 5.95 Å². The molecule has 0 bridgehead atoms. The van der Waals surface area contributed by atoms with Crippen molar-refractivity contribution in [2.45, 2.75) is 0 Å². The van der Waals surface area contributed by atoms with E-state index in [4.69, 9.17) is 28.2 Å². The smallest absolute Gasteiger partial charge is 0.238 e. The zero-order valence-electron chi connectivity index (χ0n) is 32.8. The molecular formula is C55H30N4O3. The van der Waals surface area contributed by atoms with Crippen LogP contribution in [0.5, 0.6) is 0 Å². The summed E-state index contributed by atoms with van der Waals surface area (Å²) in [5.74, 6) is 1.52. The normalized spacial score (nSPS) is 12.2. The number of rotatable bonds is 4. The third kappa shape index (κ3) is 4.73. The Balaban J connectivity index is 1.09. The SMILES string of the molecule is c1ccc2c(c1)ccc1c2c2cccc(-c3cccc4c3oc3ccccc34)c2n1-c1nc(-c2ccc3c(c2)oc2ccccc23)nc(-c2ccc3c(c2)oc2ccccc23)n1. The Morgan fingerprint density at radius 1 is 0.355 bits per heavy atom. The van der Waals surface area contributed by atoms with Crippen LogP contribution in [0.4, 0.5) is 0 Å². The summed E-state index contributed by atoms with van der Waals surface area (Å²) in [5.41, 5.74) is 10.4. The average molecular weight is 795 g/mol. The van der Waals surface area contributed by atoms with Gasteiger partial charge in [0, 0.05) is 65.3 Å². The van der Waals surface area contributed by atoms with Gasteiger partial charge in [-0.25, -0.2) is 4.98 Å². The van der Waals surface area contributed by atoms with Crippen molar-refractivity contribution in [2.75, 3.05) is 0 Å². The molecule has 0 unspecified atom stereocenters. The van der Waals surface area contributed by atoms with E-state index in [-0.39, 0.29) is 0 Å². The van der Waals surface area contributed by atoms with Crippen molar-refractivity contribution < 1.29 is 13.3 Å². The summed E-state index contributed by atoms with van der Waals surface area (Å²) in [6, 6.07) is 62.7. The van der Waals surface area contributed by atoms with Gasteiger partial charge in [-0.15, -0.1) is 0 Å². The molecule has 7 nitrogen and oxygen atoms in total. The minimum atomic E-state index is 0.485. The van der Waals surface area contributed by atoms with E-state index in [2.05, 4.69) is 126 Å². The van der Waals surface area contributed by atoms with E-state index in [1.54, 1.807) is 0 Å². The van der Waals surface area contributed by atoms with Crippen molar-refractivity contribution in [3.63, 3.8) is 0 Å². The van der Waals surface area contributed by atoms with Gasteiger partial charge in [-0.2, -0.15) is 9.97 Å². The molecule has 0 aliphatic carbocycles. The lowest BCUT2D eigenvalue weighted by molar-refractivity contribution is 0.668. The molecule has 0 aliphatic rings. The summed E-state index contributed by atoms with van der Waals surface area (Å²) in [5, 5.41) is 10.8. The molecule has 5 heterocycles. The highest BCUT2D eigenvalue weighted by Crippen LogP contribution is 2.44. The quantitative estimate of drug-likeness (QED) is 0.176. The minimum absolute atomic E-state index is 0.485. The Morgan fingerprint density at radius 2 is 0.871 bits per heavy atom. The Labute approximate surface area is 351 Å². The second-order valence-corrected chi connectivity index (χ2v) is 15.9. The Morgan fingerprint density at radius 3 is 1.53 bits per heavy atom. The molecule has 14 rings (SSSR count). The van der Waals surface area contributed by atoms with E-state index in [1.165, 1.54) is 0 Å². The molecule has 7 heteroatoms. The average Bonchev–Trinajstić information content (AvgIpc) is 4.10. The summed E-state index contributed by atoms with van der Waals surface area (Å²) in [4.78, 5) is 16.0. The molecule has 0 fully saturated rings. The van der Waals surface area contributed by atoms with Crippen LogP contribution in [0.15, 0.2) is 195 Å². The molecule has 0 saturated heterocycles. The maximum absolute atomic E-state index is 6.68. The molecule has 0 aliphatic heterocycles. The van der Waals surface area contributed by atoms with E-state index in [1.807, 2.05) is 60.7 Å². The molecule has 5 aromatic heterocycles. The van der Waals surface area contributed by atoms with Crippen molar-refractivity contribution in [2.24, 2.45) is 0 Å². The van der Waals surface area contributed by atoms with Gasteiger partial charge in [0.15, 0.2) is 11.6 Å². The van der Waals surface area contributed by atoms with Crippen LogP contribution in [-0.2, 0) is 0 Å². The fourth-order valence-electron chi connectivity index (χ4n) is 9.67. The van der Waals surface area contributed by atoms with E-state index in [0.29, 0.717) is 17.6 Å². The van der Waals surface area contributed by atoms with Gasteiger partial charge in [0.25, 0.3) is 0 Å². The first-order valence-electron chi connectivity index (χ1n) is 20.7. The van der Waals surface area contributed by atoms with Crippen LogP contribution in [0.2, 0.25) is 0 Å². The number of hydrogen-bond donors (Lipinski definition) is 0. The monoisotopic (exact) mass is 794 g/mol. The van der Waals surface area contributed by atoms with Gasteiger partial charge in [-0.05, 0) is 59.3 Å². The predicted molar refractivity (Wildman–Crippen MR) is 250 cm³/mol. The molecular weight excluding hydrogens is 765 g/mol. The second kappa shape index (κ2) is 12.5. The van der Waals surface area contributed by atoms with Crippen LogP contribution in [0.3, 0.4) is 0 Å². The number of para-hydroxylation sites is 5. The number of benzene rings is 9. The Kier molecular flexibility index (Phi) is 6.71. The highest BCUT2D eigenvalue weighted by atomic mass is 16.3. The largest absolute Gasteiger partial charge is 0.456 e. The molecule has 9 aromatic carbocycles. The van der Waals surface area contributed by atoms with Crippen molar-refractivity contribution in [3.05, 3.63) is 182 Å². The fourth-order valence-corrected chi connectivity index (χ4v) is 9.67. The topological polar surface area (TPSA) is 83.0 Å². The number of aromatic nitrogens is 4. The number of nitrogens with zero attached hydrogens (tertiary/aromatic N) is 4. The third-order valence-electron chi connectivity index (χ3n) is 12.5. The van der Waals surface area contributed by atoms with Gasteiger partial charge in [-0.3, -0.25) is 4.57 Å². The second-order valence-electron chi connectivity index (χ2n) is 15.9. The highest BCUT2D eigenvalue weighted by molar-refractivity contribution is 6.24. The minimum Gasteiger partial charge on any atom is -0.456 e. The van der Waals surface area contributed by atoms with E-state index < -0.39 is 0 Å². The molecule has 62 heavy (non-hydrogen) atoms. The lowest BCUT2D eigenvalue weighted by Gasteiger charge is -2.13. The molecule has 0 spiro atoms. The lowest BCUT2D eigenvalue weighted by atomic mass is 9.98. The summed E-state index contributed by atoms with van der Waals surface area (Å²) in [6.07, 6.45) is 0. The summed E-state index contributed by atoms with van der Waals surface area (Å²) >= 11 is 0. The predicted octanol–water partition coefficient (Wildman–Crippen LogP) is 14.8. The summed E-state index contributed by atoms with van der Waals surface area (Å²) < 4.78 is 21.7. The zero-order chi connectivity index (χ0) is 40.5. The number of fused-ring (bicyclic) bond motifs is 14. The Bertz CT molecular complexity index is 4060. The number of hydrogen-bond acceptors (Lipinski definition) is 6. The third-order valence-corrected chi connectivity index (χ3v) is 12.5. The van der Waals surface area contributed by atoms with Crippen molar-refractivity contribution in [1.82, 2.24) is 19.5 Å². The number of furan rings is 3. The van der Waals surface area contributed by atoms with Crippen molar-refractivity contribution in [1.29, 1.82) is 0 Å². The Hall–Kier alpha value is -8.55. The van der Waals surface area contributed by atoms with Crippen molar-refractivity contribution >= 4 is 98.4 Å². The van der Waals surface area contributed by atoms with Crippen LogP contribution >= 0.6 is 0 Å². The van der Waals surface area contributed by atoms with E-state index >= 15 is 0 Å². The van der Waals surface area contributed by atoms with Gasteiger partial charge in [0.05, 0.1) is 11.0 Å². The van der Waals surface area contributed by atoms with Crippen molar-refractivity contribution in [3.8, 4) is 39.9 Å².